The number of likely N-dealkylation sites (tertiary alicyclic amines) is 1. The standard InChI is InChI=1S/C15H20BrNO2/c1-11-7-8-17(10-14(11)18)15(19)6-5-12-3-2-4-13(16)9-12/h2-4,9,11,14,18H,5-8,10H2,1H3. The molecule has 1 saturated heterocycles. The van der Waals surface area contributed by atoms with Gasteiger partial charge in [0.25, 0.3) is 0 Å². The molecule has 0 radical (unpaired) electrons. The van der Waals surface area contributed by atoms with Gasteiger partial charge in [-0.15, -0.1) is 0 Å². The molecular formula is C15H20BrNO2. The van der Waals surface area contributed by atoms with Crippen molar-refractivity contribution in [3.8, 4) is 0 Å². The third kappa shape index (κ3) is 4.05. The van der Waals surface area contributed by atoms with Crippen molar-refractivity contribution in [2.24, 2.45) is 5.92 Å². The van der Waals surface area contributed by atoms with E-state index in [9.17, 15) is 9.90 Å². The number of benzene rings is 1. The highest BCUT2D eigenvalue weighted by Crippen LogP contribution is 2.18. The molecule has 0 bridgehead atoms. The Bertz CT molecular complexity index is 450. The van der Waals surface area contributed by atoms with Crippen LogP contribution in [0.25, 0.3) is 0 Å². The average molecular weight is 326 g/mol. The number of carbonyl (C=O) groups is 1. The van der Waals surface area contributed by atoms with E-state index in [1.165, 1.54) is 0 Å². The van der Waals surface area contributed by atoms with Gasteiger partial charge in [0, 0.05) is 24.0 Å². The number of amides is 1. The summed E-state index contributed by atoms with van der Waals surface area (Å²) in [4.78, 5) is 13.9. The fourth-order valence-electron chi connectivity index (χ4n) is 2.38. The van der Waals surface area contributed by atoms with Crippen LogP contribution in [0.4, 0.5) is 0 Å². The molecule has 4 heteroatoms. The summed E-state index contributed by atoms with van der Waals surface area (Å²) >= 11 is 3.43. The zero-order valence-electron chi connectivity index (χ0n) is 11.2. The summed E-state index contributed by atoms with van der Waals surface area (Å²) in [5, 5.41) is 9.82. The first-order chi connectivity index (χ1) is 9.06. The molecule has 1 N–H and O–H groups in total. The van der Waals surface area contributed by atoms with E-state index in [-0.39, 0.29) is 12.0 Å². The lowest BCUT2D eigenvalue weighted by atomic mass is 9.95. The summed E-state index contributed by atoms with van der Waals surface area (Å²) in [7, 11) is 0. The molecule has 1 heterocycles. The lowest BCUT2D eigenvalue weighted by Gasteiger charge is -2.34. The first-order valence-electron chi connectivity index (χ1n) is 6.76. The molecule has 0 spiro atoms. The van der Waals surface area contributed by atoms with Crippen molar-refractivity contribution in [2.45, 2.75) is 32.3 Å². The van der Waals surface area contributed by atoms with Crippen molar-refractivity contribution >= 4 is 21.8 Å². The van der Waals surface area contributed by atoms with Crippen LogP contribution in [0.2, 0.25) is 0 Å². The number of carbonyl (C=O) groups excluding carboxylic acids is 1. The monoisotopic (exact) mass is 325 g/mol. The third-order valence-electron chi connectivity index (χ3n) is 3.79. The molecule has 1 aromatic carbocycles. The summed E-state index contributed by atoms with van der Waals surface area (Å²) < 4.78 is 1.04. The second-order valence-corrected chi connectivity index (χ2v) is 6.22. The van der Waals surface area contributed by atoms with Crippen LogP contribution < -0.4 is 0 Å². The number of rotatable bonds is 3. The van der Waals surface area contributed by atoms with Gasteiger partial charge in [-0.2, -0.15) is 0 Å². The van der Waals surface area contributed by atoms with Crippen molar-refractivity contribution in [3.05, 3.63) is 34.3 Å². The Hall–Kier alpha value is -0.870. The maximum Gasteiger partial charge on any atom is 0.222 e. The maximum atomic E-state index is 12.1. The van der Waals surface area contributed by atoms with E-state index in [2.05, 4.69) is 15.9 Å². The van der Waals surface area contributed by atoms with Crippen LogP contribution in [0.3, 0.4) is 0 Å². The van der Waals surface area contributed by atoms with Gasteiger partial charge in [0.1, 0.15) is 0 Å². The van der Waals surface area contributed by atoms with Crippen LogP contribution in [0.5, 0.6) is 0 Å². The highest BCUT2D eigenvalue weighted by molar-refractivity contribution is 9.10. The van der Waals surface area contributed by atoms with Gasteiger partial charge in [0.05, 0.1) is 6.10 Å². The molecule has 0 aromatic heterocycles. The lowest BCUT2D eigenvalue weighted by molar-refractivity contribution is -0.135. The molecule has 1 amide bonds. The van der Waals surface area contributed by atoms with Crippen LogP contribution in [-0.2, 0) is 11.2 Å². The van der Waals surface area contributed by atoms with Crippen molar-refractivity contribution in [1.29, 1.82) is 0 Å². The van der Waals surface area contributed by atoms with Crippen LogP contribution in [-0.4, -0.2) is 35.1 Å². The van der Waals surface area contributed by atoms with E-state index >= 15 is 0 Å². The molecule has 1 fully saturated rings. The molecule has 1 aromatic rings. The normalized spacial score (nSPS) is 23.4. The Balaban J connectivity index is 1.84. The summed E-state index contributed by atoms with van der Waals surface area (Å²) in [6, 6.07) is 8.04. The Morgan fingerprint density at radius 1 is 1.53 bits per heavy atom. The van der Waals surface area contributed by atoms with Crippen LogP contribution in [0.15, 0.2) is 28.7 Å². The quantitative estimate of drug-likeness (QED) is 0.928. The second kappa shape index (κ2) is 6.53. The van der Waals surface area contributed by atoms with Crippen LogP contribution in [0.1, 0.15) is 25.3 Å². The zero-order valence-corrected chi connectivity index (χ0v) is 12.8. The van der Waals surface area contributed by atoms with Gasteiger partial charge in [0.2, 0.25) is 5.91 Å². The van der Waals surface area contributed by atoms with Crippen molar-refractivity contribution < 1.29 is 9.90 Å². The molecule has 19 heavy (non-hydrogen) atoms. The first-order valence-corrected chi connectivity index (χ1v) is 7.56. The molecule has 0 saturated carbocycles. The van der Waals surface area contributed by atoms with E-state index < -0.39 is 0 Å². The predicted molar refractivity (Wildman–Crippen MR) is 78.8 cm³/mol. The summed E-state index contributed by atoms with van der Waals surface area (Å²) in [6.45, 7) is 3.29. The minimum absolute atomic E-state index is 0.144. The van der Waals surface area contributed by atoms with Crippen LogP contribution in [0, 0.1) is 5.92 Å². The summed E-state index contributed by atoms with van der Waals surface area (Å²) in [5.41, 5.74) is 1.16. The number of aliphatic hydroxyl groups is 1. The summed E-state index contributed by atoms with van der Waals surface area (Å²) in [6.07, 6.45) is 1.78. The van der Waals surface area contributed by atoms with Crippen molar-refractivity contribution in [1.82, 2.24) is 4.90 Å². The average Bonchev–Trinajstić information content (AvgIpc) is 2.39. The second-order valence-electron chi connectivity index (χ2n) is 5.30. The molecular weight excluding hydrogens is 306 g/mol. The maximum absolute atomic E-state index is 12.1. The smallest absolute Gasteiger partial charge is 0.222 e. The number of halogens is 1. The number of hydrogen-bond donors (Lipinski definition) is 1. The molecule has 0 aliphatic carbocycles. The van der Waals surface area contributed by atoms with Gasteiger partial charge in [-0.3, -0.25) is 4.79 Å². The molecule has 2 unspecified atom stereocenters. The topological polar surface area (TPSA) is 40.5 Å². The van der Waals surface area contributed by atoms with Gasteiger partial charge in [-0.05, 0) is 36.5 Å². The van der Waals surface area contributed by atoms with Crippen molar-refractivity contribution in [2.75, 3.05) is 13.1 Å². The van der Waals surface area contributed by atoms with E-state index in [0.717, 1.165) is 29.4 Å². The third-order valence-corrected chi connectivity index (χ3v) is 4.28. The molecule has 2 rings (SSSR count). The van der Waals surface area contributed by atoms with E-state index in [0.29, 0.717) is 18.9 Å². The number of piperidine rings is 1. The Labute approximate surface area is 122 Å². The largest absolute Gasteiger partial charge is 0.391 e. The zero-order chi connectivity index (χ0) is 13.8. The van der Waals surface area contributed by atoms with Crippen LogP contribution >= 0.6 is 15.9 Å². The Morgan fingerprint density at radius 3 is 3.00 bits per heavy atom. The van der Waals surface area contributed by atoms with E-state index in [1.54, 1.807) is 4.90 Å². The number of nitrogens with zero attached hydrogens (tertiary/aromatic N) is 1. The van der Waals surface area contributed by atoms with Gasteiger partial charge in [0.15, 0.2) is 0 Å². The van der Waals surface area contributed by atoms with Gasteiger partial charge in [-0.1, -0.05) is 35.0 Å². The number of hydrogen-bond acceptors (Lipinski definition) is 2. The van der Waals surface area contributed by atoms with E-state index in [1.807, 2.05) is 31.2 Å². The van der Waals surface area contributed by atoms with Gasteiger partial charge >= 0.3 is 0 Å². The number of aliphatic hydroxyl groups excluding tert-OH is 1. The van der Waals surface area contributed by atoms with Gasteiger partial charge in [-0.25, -0.2) is 0 Å². The molecule has 1 aliphatic rings. The Kier molecular flexibility index (Phi) is 4.99. The fraction of sp³-hybridized carbons (Fsp3) is 0.533. The lowest BCUT2D eigenvalue weighted by Crippen LogP contribution is -2.45. The van der Waals surface area contributed by atoms with Crippen molar-refractivity contribution in [3.63, 3.8) is 0 Å². The first kappa shape index (κ1) is 14.5. The number of aryl methyl sites for hydroxylation is 1. The van der Waals surface area contributed by atoms with Gasteiger partial charge < -0.3 is 10.0 Å². The molecule has 104 valence electrons. The number of β-amino-alcohol motifs (C(OH)–C–C–N with tert-alkyl or cyclic N) is 1. The SMILES string of the molecule is CC1CCN(C(=O)CCc2cccc(Br)c2)CC1O. The predicted octanol–water partition coefficient (Wildman–Crippen LogP) is 2.61. The molecule has 1 aliphatic heterocycles. The Morgan fingerprint density at radius 2 is 2.32 bits per heavy atom. The highest BCUT2D eigenvalue weighted by Gasteiger charge is 2.26. The van der Waals surface area contributed by atoms with E-state index in [4.69, 9.17) is 0 Å². The highest BCUT2D eigenvalue weighted by atomic mass is 79.9. The fourth-order valence-corrected chi connectivity index (χ4v) is 2.82. The summed E-state index contributed by atoms with van der Waals surface area (Å²) in [5.74, 6) is 0.444. The minimum atomic E-state index is -0.372. The molecule has 2 atom stereocenters. The molecule has 3 nitrogen and oxygen atoms in total. The minimum Gasteiger partial charge on any atom is -0.391 e.